The number of fused-ring (bicyclic) bond motifs is 1. The van der Waals surface area contributed by atoms with Crippen molar-refractivity contribution in [3.63, 3.8) is 0 Å². The van der Waals surface area contributed by atoms with Gasteiger partial charge in [0.05, 0.1) is 17.9 Å². The summed E-state index contributed by atoms with van der Waals surface area (Å²) in [6.45, 7) is 13.3. The predicted molar refractivity (Wildman–Crippen MR) is 247 cm³/mol. The number of aliphatic imine (C=N–C) groups is 2. The summed E-state index contributed by atoms with van der Waals surface area (Å²) in [5.41, 5.74) is 15.7. The summed E-state index contributed by atoms with van der Waals surface area (Å²) in [5, 5.41) is 15.1. The number of benzene rings is 3. The van der Waals surface area contributed by atoms with Crippen LogP contribution in [0.2, 0.25) is 0 Å². The number of allylic oxidation sites excluding steroid dienone is 1. The largest absolute Gasteiger partial charge is 0.476 e. The Labute approximate surface area is 360 Å². The zero-order valence-corrected chi connectivity index (χ0v) is 36.7. The first-order valence-electron chi connectivity index (χ1n) is 21.5. The van der Waals surface area contributed by atoms with Gasteiger partial charge >= 0.3 is 5.97 Å². The van der Waals surface area contributed by atoms with Gasteiger partial charge in [-0.25, -0.2) is 14.8 Å². The van der Waals surface area contributed by atoms with Crippen molar-refractivity contribution in [2.75, 3.05) is 37.4 Å². The summed E-state index contributed by atoms with van der Waals surface area (Å²) < 4.78 is 6.81. The quantitative estimate of drug-likeness (QED) is 0.0615. The number of aromatic nitrogens is 1. The highest BCUT2D eigenvalue weighted by molar-refractivity contribution is 8.13. The minimum atomic E-state index is -1.09. The van der Waals surface area contributed by atoms with Crippen molar-refractivity contribution in [2.45, 2.75) is 91.3 Å². The molecule has 2 bridgehead atoms. The predicted octanol–water partition coefficient (Wildman–Crippen LogP) is 9.64. The molecule has 3 aromatic carbocycles. The van der Waals surface area contributed by atoms with E-state index in [9.17, 15) is 9.90 Å². The Bertz CT molecular complexity index is 2320. The number of aromatic carboxylic acids is 1. The number of anilines is 1. The van der Waals surface area contributed by atoms with Gasteiger partial charge in [-0.1, -0.05) is 81.4 Å². The second-order valence-electron chi connectivity index (χ2n) is 18.3. The summed E-state index contributed by atoms with van der Waals surface area (Å²) in [6, 6.07) is 29.0. The SMILES string of the molecule is CCc1ccc(CNCCOC23CC(CN=C(C)C(=CN)c4ccc(N5CCc6cccc(C(=Nc7ccccc7)SC)c6C5)nc4C(=O)O)(C2)CC2(C)CC2(C)C3)cc1. The highest BCUT2D eigenvalue weighted by Gasteiger charge is 2.73. The fraction of sp³-hybridized carbons (Fsp3) is 0.440. The Hall–Kier alpha value is -4.77. The van der Waals surface area contributed by atoms with Crippen LogP contribution in [0.4, 0.5) is 11.5 Å². The first-order chi connectivity index (χ1) is 28.9. The Kier molecular flexibility index (Phi) is 11.8. The molecule has 2 atom stereocenters. The first kappa shape index (κ1) is 41.9. The van der Waals surface area contributed by atoms with Gasteiger partial charge in [-0.2, -0.15) is 0 Å². The third kappa shape index (κ3) is 8.43. The fourth-order valence-corrected chi connectivity index (χ4v) is 11.5. The van der Waals surface area contributed by atoms with Crippen LogP contribution in [-0.4, -0.2) is 64.9 Å². The normalized spacial score (nSPS) is 26.1. The van der Waals surface area contributed by atoms with E-state index in [1.807, 2.05) is 49.4 Å². The minimum Gasteiger partial charge on any atom is -0.476 e. The zero-order chi connectivity index (χ0) is 42.1. The highest BCUT2D eigenvalue weighted by atomic mass is 32.2. The van der Waals surface area contributed by atoms with Gasteiger partial charge in [-0.05, 0) is 121 Å². The molecule has 5 aliphatic rings. The highest BCUT2D eigenvalue weighted by Crippen LogP contribution is 2.78. The summed E-state index contributed by atoms with van der Waals surface area (Å²) in [6.07, 6.45) is 10.8. The van der Waals surface area contributed by atoms with Crippen molar-refractivity contribution >= 4 is 45.6 Å². The van der Waals surface area contributed by atoms with E-state index in [0.29, 0.717) is 36.7 Å². The number of hydrogen-bond donors (Lipinski definition) is 3. The van der Waals surface area contributed by atoms with E-state index in [0.717, 1.165) is 80.2 Å². The van der Waals surface area contributed by atoms with Crippen LogP contribution < -0.4 is 16.0 Å². The number of hydrogen-bond acceptors (Lipinski definition) is 9. The Morgan fingerprint density at radius 3 is 2.42 bits per heavy atom. The Morgan fingerprint density at radius 1 is 0.950 bits per heavy atom. The average molecular weight is 825 g/mol. The second-order valence-corrected chi connectivity index (χ2v) is 19.1. The summed E-state index contributed by atoms with van der Waals surface area (Å²) in [4.78, 5) is 30.0. The van der Waals surface area contributed by atoms with Crippen molar-refractivity contribution in [3.8, 4) is 0 Å². The molecular weight excluding hydrogens is 765 g/mol. The van der Waals surface area contributed by atoms with E-state index < -0.39 is 5.97 Å². The van der Waals surface area contributed by atoms with Gasteiger partial charge in [0.2, 0.25) is 0 Å². The maximum Gasteiger partial charge on any atom is 0.355 e. The number of aryl methyl sites for hydroxylation is 1. The van der Waals surface area contributed by atoms with Gasteiger partial charge in [0.25, 0.3) is 0 Å². The average Bonchev–Trinajstić information content (AvgIpc) is 3.81. The lowest BCUT2D eigenvalue weighted by Crippen LogP contribution is -2.55. The molecule has 314 valence electrons. The molecule has 4 aromatic rings. The fourth-order valence-electron chi connectivity index (χ4n) is 10.9. The van der Waals surface area contributed by atoms with E-state index in [1.165, 1.54) is 34.9 Å². The van der Waals surface area contributed by atoms with Crippen LogP contribution in [0.1, 0.15) is 104 Å². The monoisotopic (exact) mass is 824 g/mol. The molecule has 0 saturated heterocycles. The van der Waals surface area contributed by atoms with Crippen LogP contribution >= 0.6 is 11.8 Å². The maximum atomic E-state index is 12.9. The molecule has 1 aliphatic heterocycles. The van der Waals surface area contributed by atoms with Crippen LogP contribution in [-0.2, 0) is 30.7 Å². The zero-order valence-electron chi connectivity index (χ0n) is 35.9. The number of thioether (sulfide) groups is 1. The van der Waals surface area contributed by atoms with Gasteiger partial charge < -0.3 is 25.8 Å². The molecule has 2 heterocycles. The molecule has 9 nitrogen and oxygen atoms in total. The topological polar surface area (TPSA) is 125 Å². The van der Waals surface area contributed by atoms with Gasteiger partial charge in [0.1, 0.15) is 10.9 Å². The molecule has 4 N–H and O–H groups in total. The molecule has 60 heavy (non-hydrogen) atoms. The van der Waals surface area contributed by atoms with Crippen molar-refractivity contribution in [3.05, 3.63) is 130 Å². The van der Waals surface area contributed by atoms with E-state index >= 15 is 0 Å². The van der Waals surface area contributed by atoms with Crippen LogP contribution in [0.25, 0.3) is 5.57 Å². The van der Waals surface area contributed by atoms with Gasteiger partial charge in [-0.3, -0.25) is 4.99 Å². The molecule has 9 rings (SSSR count). The number of carboxylic acid groups (broad SMARTS) is 1. The molecule has 10 heteroatoms. The standard InChI is InChI=1S/C50H60N6O3S/c1-6-35-15-17-36(18-16-35)26-52-22-24-59-50-30-48(4)28-47(48,3)29-49(31-50,32-50)33-53-34(2)41(25-51)39-19-20-43(55-44(39)46(57)58)56-23-21-37-11-10-14-40(42(37)27-56)45(60-5)54-38-12-8-7-9-13-38/h7-20,25,52H,6,21-24,26-33,51H2,1-5H3,(H,57,58). The lowest BCUT2D eigenvalue weighted by atomic mass is 9.56. The van der Waals surface area contributed by atoms with Crippen LogP contribution in [0.5, 0.6) is 0 Å². The third-order valence-electron chi connectivity index (χ3n) is 14.0. The molecule has 0 radical (unpaired) electrons. The maximum absolute atomic E-state index is 12.9. The third-order valence-corrected chi connectivity index (χ3v) is 14.7. The van der Waals surface area contributed by atoms with Crippen molar-refractivity contribution < 1.29 is 14.6 Å². The number of para-hydroxylation sites is 1. The Balaban J connectivity index is 0.958. The van der Waals surface area contributed by atoms with Gasteiger partial charge in [-0.15, -0.1) is 11.8 Å². The lowest BCUT2D eigenvalue weighted by Gasteiger charge is -2.55. The number of carboxylic acids is 1. The lowest BCUT2D eigenvalue weighted by molar-refractivity contribution is -0.171. The molecule has 4 saturated carbocycles. The van der Waals surface area contributed by atoms with Crippen molar-refractivity contribution in [1.82, 2.24) is 10.3 Å². The number of nitrogens with one attached hydrogen (secondary N) is 1. The molecule has 0 amide bonds. The smallest absolute Gasteiger partial charge is 0.355 e. The minimum absolute atomic E-state index is 0.0233. The molecule has 1 aromatic heterocycles. The van der Waals surface area contributed by atoms with Gasteiger partial charge in [0.15, 0.2) is 5.69 Å². The van der Waals surface area contributed by atoms with Crippen LogP contribution in [0.3, 0.4) is 0 Å². The van der Waals surface area contributed by atoms with Gasteiger partial charge in [0, 0.05) is 61.3 Å². The number of rotatable bonds is 15. The Morgan fingerprint density at radius 2 is 1.70 bits per heavy atom. The van der Waals surface area contributed by atoms with E-state index in [1.54, 1.807) is 11.8 Å². The molecule has 4 aliphatic carbocycles. The first-order valence-corrected chi connectivity index (χ1v) is 22.8. The molecule has 0 spiro atoms. The second kappa shape index (κ2) is 16.9. The van der Waals surface area contributed by atoms with Crippen molar-refractivity contribution in [2.24, 2.45) is 32.0 Å². The summed E-state index contributed by atoms with van der Waals surface area (Å²) in [5.74, 6) is -0.470. The summed E-state index contributed by atoms with van der Waals surface area (Å²) in [7, 11) is 0. The molecule has 4 fully saturated rings. The number of carbonyl (C=O) groups is 1. The summed E-state index contributed by atoms with van der Waals surface area (Å²) >= 11 is 1.63. The van der Waals surface area contributed by atoms with E-state index in [4.69, 9.17) is 25.4 Å². The van der Waals surface area contributed by atoms with Crippen molar-refractivity contribution in [1.29, 1.82) is 0 Å². The number of nitrogens with two attached hydrogens (primary N) is 1. The molecular formula is C50H60N6O3S. The van der Waals surface area contributed by atoms with E-state index in [-0.39, 0.29) is 27.5 Å². The molecule has 2 unspecified atom stereocenters. The van der Waals surface area contributed by atoms with Crippen LogP contribution in [0.15, 0.2) is 101 Å². The van der Waals surface area contributed by atoms with E-state index in [2.05, 4.69) is 79.7 Å². The van der Waals surface area contributed by atoms with Crippen LogP contribution in [0, 0.1) is 16.2 Å². The number of nitrogens with zero attached hydrogens (tertiary/aromatic N) is 4. The number of pyridine rings is 1. The number of ether oxygens (including phenoxy) is 1.